The van der Waals surface area contributed by atoms with Gasteiger partial charge >= 0.3 is 6.18 Å². The smallest absolute Gasteiger partial charge is 0.417 e. The Balaban J connectivity index is 2.10. The topological polar surface area (TPSA) is 59.1 Å². The molecular weight excluding hydrogens is 281 g/mol. The summed E-state index contributed by atoms with van der Waals surface area (Å²) >= 11 is 0. The maximum atomic E-state index is 12.8. The number of rotatable bonds is 4. The van der Waals surface area contributed by atoms with Gasteiger partial charge in [-0.1, -0.05) is 19.3 Å². The Morgan fingerprint density at radius 3 is 2.48 bits per heavy atom. The number of amidine groups is 1. The Bertz CT molecular complexity index is 508. The number of hydrogen-bond acceptors (Lipinski definition) is 2. The standard InChI is InChI=1S/C15H19F3N2O/c16-15(17,18)13-7-6-11(8-12(13)14(19)20)21-9-10-4-2-1-3-5-10/h6-8,10H,1-5,9H2,(H3,19,20). The van der Waals surface area contributed by atoms with Gasteiger partial charge in [-0.2, -0.15) is 13.2 Å². The summed E-state index contributed by atoms with van der Waals surface area (Å²) in [5.74, 6) is 0.186. The molecule has 0 aromatic heterocycles. The molecule has 21 heavy (non-hydrogen) atoms. The van der Waals surface area contributed by atoms with Crippen molar-refractivity contribution >= 4 is 5.84 Å². The third-order valence-corrected chi connectivity index (χ3v) is 3.80. The number of hydrogen-bond donors (Lipinski definition) is 2. The number of nitrogens with one attached hydrogen (secondary N) is 1. The van der Waals surface area contributed by atoms with Crippen LogP contribution in [0.25, 0.3) is 0 Å². The second kappa shape index (κ2) is 6.37. The molecule has 6 heteroatoms. The minimum atomic E-state index is -4.52. The van der Waals surface area contributed by atoms with Crippen molar-refractivity contribution in [1.29, 1.82) is 5.41 Å². The maximum absolute atomic E-state index is 12.8. The molecule has 1 fully saturated rings. The number of nitrogen functional groups attached to an aromatic ring is 1. The van der Waals surface area contributed by atoms with Crippen LogP contribution in [0.2, 0.25) is 0 Å². The fraction of sp³-hybridized carbons (Fsp3) is 0.533. The van der Waals surface area contributed by atoms with Crippen molar-refractivity contribution < 1.29 is 17.9 Å². The van der Waals surface area contributed by atoms with Crippen LogP contribution in [0.5, 0.6) is 5.75 Å². The molecule has 0 saturated heterocycles. The summed E-state index contributed by atoms with van der Waals surface area (Å²) in [5, 5.41) is 7.30. The molecule has 2 rings (SSSR count). The van der Waals surface area contributed by atoms with Crippen molar-refractivity contribution in [2.75, 3.05) is 6.61 Å². The fourth-order valence-electron chi connectivity index (χ4n) is 2.65. The number of alkyl halides is 3. The first-order chi connectivity index (χ1) is 9.88. The van der Waals surface area contributed by atoms with Gasteiger partial charge in [0.1, 0.15) is 11.6 Å². The molecule has 1 aliphatic rings. The van der Waals surface area contributed by atoms with Gasteiger partial charge in [-0.25, -0.2) is 0 Å². The lowest BCUT2D eigenvalue weighted by Crippen LogP contribution is -2.19. The molecule has 1 saturated carbocycles. The van der Waals surface area contributed by atoms with E-state index in [0.717, 1.165) is 18.9 Å². The zero-order chi connectivity index (χ0) is 15.5. The van der Waals surface area contributed by atoms with E-state index in [4.69, 9.17) is 15.9 Å². The second-order valence-corrected chi connectivity index (χ2v) is 5.43. The Morgan fingerprint density at radius 1 is 1.24 bits per heavy atom. The number of nitrogens with two attached hydrogens (primary N) is 1. The van der Waals surface area contributed by atoms with Gasteiger partial charge in [0.2, 0.25) is 0 Å². The van der Waals surface area contributed by atoms with E-state index in [1.54, 1.807) is 0 Å². The van der Waals surface area contributed by atoms with Crippen LogP contribution in [0.15, 0.2) is 18.2 Å². The minimum Gasteiger partial charge on any atom is -0.493 e. The van der Waals surface area contributed by atoms with Crippen LogP contribution in [0.4, 0.5) is 13.2 Å². The van der Waals surface area contributed by atoms with E-state index in [0.29, 0.717) is 18.3 Å². The van der Waals surface area contributed by atoms with E-state index in [1.807, 2.05) is 0 Å². The lowest BCUT2D eigenvalue weighted by atomic mass is 9.90. The summed E-state index contributed by atoms with van der Waals surface area (Å²) in [7, 11) is 0. The monoisotopic (exact) mass is 300 g/mol. The summed E-state index contributed by atoms with van der Waals surface area (Å²) in [6.07, 6.45) is 1.27. The van der Waals surface area contributed by atoms with Crippen LogP contribution >= 0.6 is 0 Å². The normalized spacial score (nSPS) is 16.7. The summed E-state index contributed by atoms with van der Waals surface area (Å²) in [5.41, 5.74) is 4.01. The molecule has 3 nitrogen and oxygen atoms in total. The Morgan fingerprint density at radius 2 is 1.90 bits per heavy atom. The largest absolute Gasteiger partial charge is 0.493 e. The van der Waals surface area contributed by atoms with E-state index < -0.39 is 17.6 Å². The van der Waals surface area contributed by atoms with Gasteiger partial charge in [0, 0.05) is 5.56 Å². The van der Waals surface area contributed by atoms with E-state index in [1.165, 1.54) is 31.4 Å². The van der Waals surface area contributed by atoms with Crippen molar-refractivity contribution in [3.05, 3.63) is 29.3 Å². The first-order valence-electron chi connectivity index (χ1n) is 7.06. The Labute approximate surface area is 121 Å². The molecule has 0 amide bonds. The molecule has 0 unspecified atom stereocenters. The van der Waals surface area contributed by atoms with Crippen LogP contribution in [-0.2, 0) is 6.18 Å². The van der Waals surface area contributed by atoms with Gasteiger partial charge in [-0.15, -0.1) is 0 Å². The van der Waals surface area contributed by atoms with Gasteiger partial charge in [0.05, 0.1) is 12.2 Å². The second-order valence-electron chi connectivity index (χ2n) is 5.43. The zero-order valence-electron chi connectivity index (χ0n) is 11.7. The highest BCUT2D eigenvalue weighted by Crippen LogP contribution is 2.34. The van der Waals surface area contributed by atoms with Crippen LogP contribution in [0.3, 0.4) is 0 Å². The summed E-state index contributed by atoms with van der Waals surface area (Å²) in [6, 6.07) is 3.42. The third-order valence-electron chi connectivity index (χ3n) is 3.80. The Hall–Kier alpha value is -1.72. The van der Waals surface area contributed by atoms with E-state index in [9.17, 15) is 13.2 Å². The molecule has 1 aromatic carbocycles. The molecule has 0 bridgehead atoms. The van der Waals surface area contributed by atoms with Gasteiger partial charge in [-0.05, 0) is 37.0 Å². The van der Waals surface area contributed by atoms with Gasteiger partial charge < -0.3 is 10.5 Å². The molecular formula is C15H19F3N2O. The number of halogens is 3. The van der Waals surface area contributed by atoms with E-state index in [2.05, 4.69) is 0 Å². The lowest BCUT2D eigenvalue weighted by molar-refractivity contribution is -0.137. The lowest BCUT2D eigenvalue weighted by Gasteiger charge is -2.22. The number of ether oxygens (including phenoxy) is 1. The van der Waals surface area contributed by atoms with Crippen molar-refractivity contribution in [3.8, 4) is 5.75 Å². The first-order valence-corrected chi connectivity index (χ1v) is 7.06. The van der Waals surface area contributed by atoms with Crippen LogP contribution in [-0.4, -0.2) is 12.4 Å². The Kier molecular flexibility index (Phi) is 4.75. The maximum Gasteiger partial charge on any atom is 0.417 e. The molecule has 1 aliphatic carbocycles. The highest BCUT2D eigenvalue weighted by molar-refractivity contribution is 5.97. The predicted octanol–water partition coefficient (Wildman–Crippen LogP) is 3.95. The van der Waals surface area contributed by atoms with Crippen molar-refractivity contribution in [2.45, 2.75) is 38.3 Å². The summed E-state index contributed by atoms with van der Waals surface area (Å²) < 4.78 is 44.1. The van der Waals surface area contributed by atoms with Crippen molar-refractivity contribution in [1.82, 2.24) is 0 Å². The average Bonchev–Trinajstić information content (AvgIpc) is 2.45. The van der Waals surface area contributed by atoms with Gasteiger partial charge in [-0.3, -0.25) is 5.41 Å². The van der Waals surface area contributed by atoms with Crippen LogP contribution in [0, 0.1) is 11.3 Å². The summed E-state index contributed by atoms with van der Waals surface area (Å²) in [6.45, 7) is 0.503. The predicted molar refractivity (Wildman–Crippen MR) is 74.5 cm³/mol. The number of benzene rings is 1. The molecule has 0 aliphatic heterocycles. The average molecular weight is 300 g/mol. The molecule has 3 N–H and O–H groups in total. The molecule has 0 heterocycles. The highest BCUT2D eigenvalue weighted by Gasteiger charge is 2.34. The van der Waals surface area contributed by atoms with Crippen LogP contribution < -0.4 is 10.5 Å². The van der Waals surface area contributed by atoms with Gasteiger partial charge in [0.25, 0.3) is 0 Å². The molecule has 116 valence electrons. The minimum absolute atomic E-state index is 0.330. The SMILES string of the molecule is N=C(N)c1cc(OCC2CCCCC2)ccc1C(F)(F)F. The highest BCUT2D eigenvalue weighted by atomic mass is 19.4. The van der Waals surface area contributed by atoms with Crippen LogP contribution in [0.1, 0.15) is 43.2 Å². The molecule has 0 spiro atoms. The van der Waals surface area contributed by atoms with E-state index >= 15 is 0 Å². The molecule has 1 aromatic rings. The molecule has 0 radical (unpaired) electrons. The van der Waals surface area contributed by atoms with Gasteiger partial charge in [0.15, 0.2) is 0 Å². The molecule has 0 atom stereocenters. The van der Waals surface area contributed by atoms with E-state index in [-0.39, 0.29) is 5.56 Å². The first kappa shape index (κ1) is 15.7. The van der Waals surface area contributed by atoms with Crippen molar-refractivity contribution in [3.63, 3.8) is 0 Å². The quantitative estimate of drug-likeness (QED) is 0.653. The third kappa shape index (κ3) is 4.12. The van der Waals surface area contributed by atoms with Crippen molar-refractivity contribution in [2.24, 2.45) is 11.7 Å². The zero-order valence-corrected chi connectivity index (χ0v) is 11.7. The fourth-order valence-corrected chi connectivity index (χ4v) is 2.65. The summed E-state index contributed by atoms with van der Waals surface area (Å²) in [4.78, 5) is 0.